The van der Waals surface area contributed by atoms with Gasteiger partial charge in [0, 0.05) is 32.2 Å². The summed E-state index contributed by atoms with van der Waals surface area (Å²) in [7, 11) is -3.52. The molecule has 162 valence electrons. The van der Waals surface area contributed by atoms with Crippen molar-refractivity contribution in [2.75, 3.05) is 32.8 Å². The zero-order chi connectivity index (χ0) is 21.0. The van der Waals surface area contributed by atoms with E-state index >= 15 is 0 Å². The summed E-state index contributed by atoms with van der Waals surface area (Å²) >= 11 is 0. The lowest BCUT2D eigenvalue weighted by molar-refractivity contribution is 0.0299. The monoisotopic (exact) mass is 433 g/mol. The lowest BCUT2D eigenvalue weighted by atomic mass is 10.0. The Balaban J connectivity index is 1.41. The molecular weight excluding hydrogens is 406 g/mol. The summed E-state index contributed by atoms with van der Waals surface area (Å²) < 4.78 is 34.8. The van der Waals surface area contributed by atoms with E-state index in [4.69, 9.17) is 4.74 Å². The highest BCUT2D eigenvalue weighted by Gasteiger charge is 2.33. The second-order valence-electron chi connectivity index (χ2n) is 7.64. The van der Waals surface area contributed by atoms with Crippen molar-refractivity contribution in [2.45, 2.75) is 43.2 Å². The fourth-order valence-corrected chi connectivity index (χ4v) is 5.77. The quantitative estimate of drug-likeness (QED) is 0.683. The Labute approximate surface area is 176 Å². The minimum Gasteiger partial charge on any atom is -0.378 e. The molecule has 0 saturated carbocycles. The Morgan fingerprint density at radius 2 is 1.87 bits per heavy atom. The Bertz CT molecular complexity index is 957. The molecule has 0 bridgehead atoms. The van der Waals surface area contributed by atoms with Gasteiger partial charge in [-0.1, -0.05) is 29.8 Å². The molecular formula is C20H27N5O4S. The third kappa shape index (κ3) is 4.55. The van der Waals surface area contributed by atoms with Crippen molar-refractivity contribution in [1.82, 2.24) is 24.2 Å². The fraction of sp³-hybridized carbons (Fsp3) is 0.550. The minimum atomic E-state index is -3.52. The molecule has 2 saturated heterocycles. The van der Waals surface area contributed by atoms with E-state index in [-0.39, 0.29) is 11.9 Å². The smallest absolute Gasteiger partial charge is 0.276 e. The molecule has 4 rings (SSSR count). The van der Waals surface area contributed by atoms with Crippen molar-refractivity contribution in [3.8, 4) is 0 Å². The Hall–Kier alpha value is -2.30. The fourth-order valence-electron chi connectivity index (χ4n) is 4.02. The summed E-state index contributed by atoms with van der Waals surface area (Å²) in [5.41, 5.74) is 0.314. The first-order chi connectivity index (χ1) is 14.6. The van der Waals surface area contributed by atoms with Crippen LogP contribution in [0.15, 0.2) is 41.4 Å². The van der Waals surface area contributed by atoms with Gasteiger partial charge >= 0.3 is 0 Å². The molecule has 0 radical (unpaired) electrons. The van der Waals surface area contributed by atoms with Gasteiger partial charge in [-0.15, -0.1) is 5.10 Å². The van der Waals surface area contributed by atoms with Crippen molar-refractivity contribution < 1.29 is 17.9 Å². The maximum atomic E-state index is 13.1. The van der Waals surface area contributed by atoms with Crippen LogP contribution in [0, 0.1) is 0 Å². The number of hydrogen-bond donors (Lipinski definition) is 0. The number of benzene rings is 1. The van der Waals surface area contributed by atoms with Crippen LogP contribution in [0.3, 0.4) is 0 Å². The van der Waals surface area contributed by atoms with E-state index in [1.165, 1.54) is 0 Å². The van der Waals surface area contributed by atoms with Gasteiger partial charge in [-0.25, -0.2) is 8.42 Å². The van der Waals surface area contributed by atoms with Crippen LogP contribution in [-0.4, -0.2) is 77.4 Å². The van der Waals surface area contributed by atoms with Gasteiger partial charge in [-0.2, -0.15) is 4.31 Å². The molecule has 3 heterocycles. The van der Waals surface area contributed by atoms with Crippen LogP contribution in [-0.2, 0) is 21.3 Å². The number of nitrogens with zero attached hydrogens (tertiary/aromatic N) is 5. The third-order valence-electron chi connectivity index (χ3n) is 5.67. The van der Waals surface area contributed by atoms with E-state index in [2.05, 4.69) is 10.3 Å². The molecule has 0 spiro atoms. The Morgan fingerprint density at radius 1 is 1.10 bits per heavy atom. The number of carbonyl (C=O) groups excluding carboxylic acids is 1. The van der Waals surface area contributed by atoms with E-state index in [0.717, 1.165) is 19.3 Å². The number of ether oxygens (including phenoxy) is 1. The maximum Gasteiger partial charge on any atom is 0.276 e. The van der Waals surface area contributed by atoms with Crippen LogP contribution >= 0.6 is 0 Å². The van der Waals surface area contributed by atoms with Crippen molar-refractivity contribution >= 4 is 15.9 Å². The maximum absolute atomic E-state index is 13.1. The van der Waals surface area contributed by atoms with Gasteiger partial charge in [0.15, 0.2) is 5.69 Å². The number of piperidine rings is 1. The topological polar surface area (TPSA) is 97.6 Å². The van der Waals surface area contributed by atoms with Crippen LogP contribution in [0.4, 0.5) is 0 Å². The van der Waals surface area contributed by atoms with Gasteiger partial charge < -0.3 is 9.64 Å². The number of aromatic nitrogens is 3. The minimum absolute atomic E-state index is 0.0912. The highest BCUT2D eigenvalue weighted by molar-refractivity contribution is 7.89. The largest absolute Gasteiger partial charge is 0.378 e. The van der Waals surface area contributed by atoms with Crippen LogP contribution < -0.4 is 0 Å². The summed E-state index contributed by atoms with van der Waals surface area (Å²) in [5.74, 6) is -0.143. The number of carbonyl (C=O) groups is 1. The summed E-state index contributed by atoms with van der Waals surface area (Å²) in [6.45, 7) is 3.22. The van der Waals surface area contributed by atoms with Gasteiger partial charge in [0.05, 0.1) is 24.3 Å². The highest BCUT2D eigenvalue weighted by Crippen LogP contribution is 2.27. The van der Waals surface area contributed by atoms with E-state index in [1.54, 1.807) is 44.3 Å². The van der Waals surface area contributed by atoms with Crippen LogP contribution in [0.5, 0.6) is 0 Å². The van der Waals surface area contributed by atoms with Gasteiger partial charge in [-0.3, -0.25) is 9.48 Å². The Kier molecular flexibility index (Phi) is 6.45. The molecule has 0 N–H and O–H groups in total. The summed E-state index contributed by atoms with van der Waals surface area (Å²) in [5, 5.41) is 8.10. The first-order valence-corrected chi connectivity index (χ1v) is 11.8. The van der Waals surface area contributed by atoms with E-state index in [0.29, 0.717) is 56.4 Å². The molecule has 9 nitrogen and oxygen atoms in total. The molecule has 10 heteroatoms. The molecule has 1 aromatic carbocycles. The van der Waals surface area contributed by atoms with Crippen molar-refractivity contribution in [3.05, 3.63) is 42.2 Å². The Morgan fingerprint density at radius 3 is 2.63 bits per heavy atom. The number of sulfonamides is 1. The molecule has 30 heavy (non-hydrogen) atoms. The van der Waals surface area contributed by atoms with Crippen molar-refractivity contribution in [2.24, 2.45) is 0 Å². The zero-order valence-corrected chi connectivity index (χ0v) is 17.7. The average molecular weight is 434 g/mol. The summed E-state index contributed by atoms with van der Waals surface area (Å²) in [6.07, 6.45) is 4.96. The standard InChI is InChI=1S/C20H27N5O4S/c26-20(23-12-14-29-15-13-23)19-16-24(22-21-19)11-9-17-6-4-5-10-25(17)30(27,28)18-7-2-1-3-8-18/h1-3,7-8,16-17H,4-6,9-15H2. The van der Waals surface area contributed by atoms with Gasteiger partial charge in [-0.05, 0) is 31.4 Å². The van der Waals surface area contributed by atoms with E-state index < -0.39 is 10.0 Å². The van der Waals surface area contributed by atoms with Gasteiger partial charge in [0.2, 0.25) is 10.0 Å². The van der Waals surface area contributed by atoms with Crippen molar-refractivity contribution in [3.63, 3.8) is 0 Å². The number of morpholine rings is 1. The number of aryl methyl sites for hydroxylation is 1. The number of rotatable bonds is 6. The van der Waals surface area contributed by atoms with Crippen LogP contribution in [0.1, 0.15) is 36.2 Å². The SMILES string of the molecule is O=C(c1cn(CCC2CCCCN2S(=O)(=O)c2ccccc2)nn1)N1CCOCC1. The molecule has 2 aliphatic heterocycles. The molecule has 1 aromatic heterocycles. The van der Waals surface area contributed by atoms with Crippen molar-refractivity contribution in [1.29, 1.82) is 0 Å². The molecule has 2 aliphatic rings. The van der Waals surface area contributed by atoms with Gasteiger partial charge in [0.1, 0.15) is 0 Å². The summed E-state index contributed by atoms with van der Waals surface area (Å²) in [6, 6.07) is 8.49. The first kappa shape index (κ1) is 21.0. The first-order valence-electron chi connectivity index (χ1n) is 10.4. The van der Waals surface area contributed by atoms with E-state index in [1.807, 2.05) is 6.07 Å². The summed E-state index contributed by atoms with van der Waals surface area (Å²) in [4.78, 5) is 14.6. The molecule has 1 atom stereocenters. The highest BCUT2D eigenvalue weighted by atomic mass is 32.2. The predicted molar refractivity (Wildman–Crippen MR) is 109 cm³/mol. The molecule has 2 fully saturated rings. The molecule has 2 aromatic rings. The molecule has 0 aliphatic carbocycles. The second-order valence-corrected chi connectivity index (χ2v) is 9.53. The van der Waals surface area contributed by atoms with Crippen LogP contribution in [0.2, 0.25) is 0 Å². The third-order valence-corrected chi connectivity index (χ3v) is 7.64. The normalized spacial score (nSPS) is 20.9. The van der Waals surface area contributed by atoms with Crippen LogP contribution in [0.25, 0.3) is 0 Å². The van der Waals surface area contributed by atoms with E-state index in [9.17, 15) is 13.2 Å². The number of amides is 1. The number of hydrogen-bond acceptors (Lipinski definition) is 6. The second kappa shape index (κ2) is 9.23. The lowest BCUT2D eigenvalue weighted by Crippen LogP contribution is -2.44. The predicted octanol–water partition coefficient (Wildman–Crippen LogP) is 1.38. The lowest BCUT2D eigenvalue weighted by Gasteiger charge is -2.34. The zero-order valence-electron chi connectivity index (χ0n) is 16.9. The molecule has 1 amide bonds. The average Bonchev–Trinajstić information content (AvgIpc) is 3.27. The van der Waals surface area contributed by atoms with Gasteiger partial charge in [0.25, 0.3) is 5.91 Å². The molecule has 1 unspecified atom stereocenters.